The lowest BCUT2D eigenvalue weighted by molar-refractivity contribution is 0.866. The van der Waals surface area contributed by atoms with Gasteiger partial charge in [0.15, 0.2) is 0 Å². The molecule has 1 aromatic carbocycles. The van der Waals surface area contributed by atoms with E-state index in [0.717, 1.165) is 15.5 Å². The molecule has 4 heteroatoms. The number of hydrogen-bond acceptors (Lipinski definition) is 3. The first-order valence-corrected chi connectivity index (χ1v) is 7.61. The average Bonchev–Trinajstić information content (AvgIpc) is 3.15. The van der Waals surface area contributed by atoms with Crippen LogP contribution in [-0.4, -0.2) is 9.97 Å². The Morgan fingerprint density at radius 1 is 1.22 bits per heavy atom. The van der Waals surface area contributed by atoms with E-state index in [-0.39, 0.29) is 0 Å². The fourth-order valence-electron chi connectivity index (χ4n) is 1.77. The zero-order valence-electron chi connectivity index (χ0n) is 10.1. The molecule has 18 heavy (non-hydrogen) atoms. The molecule has 1 fully saturated rings. The molecule has 1 heterocycles. The molecule has 1 aromatic heterocycles. The summed E-state index contributed by atoms with van der Waals surface area (Å²) in [6.45, 7) is 2.13. The maximum atomic E-state index is 4.65. The van der Waals surface area contributed by atoms with Crippen molar-refractivity contribution < 1.29 is 0 Å². The van der Waals surface area contributed by atoms with Crippen molar-refractivity contribution in [3.05, 3.63) is 46.3 Å². The van der Waals surface area contributed by atoms with Crippen molar-refractivity contribution in [3.63, 3.8) is 0 Å². The van der Waals surface area contributed by atoms with E-state index in [2.05, 4.69) is 57.1 Å². The monoisotopic (exact) mass is 320 g/mol. The van der Waals surface area contributed by atoms with Gasteiger partial charge < -0.3 is 0 Å². The van der Waals surface area contributed by atoms with Crippen molar-refractivity contribution in [1.82, 2.24) is 9.97 Å². The lowest BCUT2D eigenvalue weighted by atomic mass is 10.2. The van der Waals surface area contributed by atoms with E-state index in [1.165, 1.54) is 23.3 Å². The molecule has 92 valence electrons. The molecule has 0 bridgehead atoms. The van der Waals surface area contributed by atoms with Gasteiger partial charge in [0, 0.05) is 16.9 Å². The topological polar surface area (TPSA) is 25.8 Å². The molecule has 0 unspecified atom stereocenters. The average molecular weight is 321 g/mol. The van der Waals surface area contributed by atoms with Crippen LogP contribution in [0, 0.1) is 6.92 Å². The molecule has 0 N–H and O–H groups in total. The molecule has 0 aliphatic heterocycles. The number of nitrogens with zero attached hydrogens (tertiary/aromatic N) is 2. The Bertz CT molecular complexity index is 582. The summed E-state index contributed by atoms with van der Waals surface area (Å²) in [6.07, 6.45) is 2.45. The zero-order valence-corrected chi connectivity index (χ0v) is 12.5. The standard InChI is InChI=1S/C14H13BrN2S/c1-9-4-2-3-5-11(9)18-13-8-12(15)16-14(17-13)10-6-7-10/h2-5,8,10H,6-7H2,1H3. The zero-order chi connectivity index (χ0) is 12.5. The lowest BCUT2D eigenvalue weighted by Gasteiger charge is -2.06. The fourth-order valence-corrected chi connectivity index (χ4v) is 3.23. The summed E-state index contributed by atoms with van der Waals surface area (Å²) < 4.78 is 0.885. The van der Waals surface area contributed by atoms with E-state index in [9.17, 15) is 0 Å². The van der Waals surface area contributed by atoms with Gasteiger partial charge in [0.05, 0.1) is 0 Å². The van der Waals surface area contributed by atoms with Gasteiger partial charge in [0.25, 0.3) is 0 Å². The van der Waals surface area contributed by atoms with Gasteiger partial charge >= 0.3 is 0 Å². The summed E-state index contributed by atoms with van der Waals surface area (Å²) in [7, 11) is 0. The van der Waals surface area contributed by atoms with Gasteiger partial charge in [0.1, 0.15) is 15.5 Å². The van der Waals surface area contributed by atoms with E-state index in [4.69, 9.17) is 0 Å². The molecule has 1 saturated carbocycles. The molecular weight excluding hydrogens is 308 g/mol. The first-order chi connectivity index (χ1) is 8.72. The number of aromatic nitrogens is 2. The van der Waals surface area contributed by atoms with Crippen LogP contribution in [0.4, 0.5) is 0 Å². The van der Waals surface area contributed by atoms with E-state index in [1.54, 1.807) is 11.8 Å². The minimum atomic E-state index is 0.582. The van der Waals surface area contributed by atoms with Crippen molar-refractivity contribution in [2.24, 2.45) is 0 Å². The molecule has 0 saturated heterocycles. The van der Waals surface area contributed by atoms with Gasteiger partial charge in [-0.25, -0.2) is 9.97 Å². The summed E-state index contributed by atoms with van der Waals surface area (Å²) >= 11 is 5.18. The minimum absolute atomic E-state index is 0.582. The smallest absolute Gasteiger partial charge is 0.134 e. The van der Waals surface area contributed by atoms with Crippen LogP contribution in [-0.2, 0) is 0 Å². The summed E-state index contributed by atoms with van der Waals surface area (Å²) in [5, 5.41) is 1.02. The Morgan fingerprint density at radius 3 is 2.72 bits per heavy atom. The SMILES string of the molecule is Cc1ccccc1Sc1cc(Br)nc(C2CC2)n1. The Balaban J connectivity index is 1.90. The van der Waals surface area contributed by atoms with Crippen molar-refractivity contribution >= 4 is 27.7 Å². The number of rotatable bonds is 3. The molecule has 1 aliphatic rings. The Morgan fingerprint density at radius 2 is 2.00 bits per heavy atom. The van der Waals surface area contributed by atoms with Gasteiger partial charge in [0.2, 0.25) is 0 Å². The summed E-state index contributed by atoms with van der Waals surface area (Å²) in [6, 6.07) is 10.4. The van der Waals surface area contributed by atoms with Crippen molar-refractivity contribution in [2.75, 3.05) is 0 Å². The Hall–Kier alpha value is -0.870. The van der Waals surface area contributed by atoms with Gasteiger partial charge in [-0.1, -0.05) is 30.0 Å². The molecule has 0 atom stereocenters. The number of halogens is 1. The molecular formula is C14H13BrN2S. The summed E-state index contributed by atoms with van der Waals surface area (Å²) in [5.74, 6) is 1.57. The van der Waals surface area contributed by atoms with E-state index < -0.39 is 0 Å². The largest absolute Gasteiger partial charge is 0.226 e. The second kappa shape index (κ2) is 5.02. The summed E-state index contributed by atoms with van der Waals surface area (Å²) in [5.41, 5.74) is 1.28. The van der Waals surface area contributed by atoms with Crippen LogP contribution < -0.4 is 0 Å². The number of hydrogen-bond donors (Lipinski definition) is 0. The van der Waals surface area contributed by atoms with Crippen molar-refractivity contribution in [3.8, 4) is 0 Å². The maximum Gasteiger partial charge on any atom is 0.134 e. The fraction of sp³-hybridized carbons (Fsp3) is 0.286. The predicted octanol–water partition coefficient (Wildman–Crippen LogP) is 4.58. The first-order valence-electron chi connectivity index (χ1n) is 6.00. The van der Waals surface area contributed by atoms with Crippen LogP contribution >= 0.6 is 27.7 Å². The molecule has 2 aromatic rings. The highest BCUT2D eigenvalue weighted by Gasteiger charge is 2.27. The highest BCUT2D eigenvalue weighted by atomic mass is 79.9. The highest BCUT2D eigenvalue weighted by Crippen LogP contribution is 2.39. The van der Waals surface area contributed by atoms with E-state index in [0.29, 0.717) is 5.92 Å². The van der Waals surface area contributed by atoms with Gasteiger partial charge in [-0.05, 0) is 47.3 Å². The van der Waals surface area contributed by atoms with Crippen LogP contribution in [0.1, 0.15) is 30.1 Å². The molecule has 0 radical (unpaired) electrons. The van der Waals surface area contributed by atoms with Gasteiger partial charge in [-0.2, -0.15) is 0 Å². The van der Waals surface area contributed by atoms with Crippen LogP contribution in [0.3, 0.4) is 0 Å². The van der Waals surface area contributed by atoms with E-state index >= 15 is 0 Å². The molecule has 0 amide bonds. The minimum Gasteiger partial charge on any atom is -0.226 e. The molecule has 3 rings (SSSR count). The second-order valence-electron chi connectivity index (χ2n) is 4.53. The maximum absolute atomic E-state index is 4.65. The van der Waals surface area contributed by atoms with Crippen LogP contribution in [0.15, 0.2) is 44.9 Å². The van der Waals surface area contributed by atoms with E-state index in [1.807, 2.05) is 6.07 Å². The molecule has 0 spiro atoms. The van der Waals surface area contributed by atoms with Crippen LogP contribution in [0.25, 0.3) is 0 Å². The van der Waals surface area contributed by atoms with Crippen LogP contribution in [0.2, 0.25) is 0 Å². The van der Waals surface area contributed by atoms with Crippen molar-refractivity contribution in [2.45, 2.75) is 35.6 Å². The quantitative estimate of drug-likeness (QED) is 0.774. The van der Waals surface area contributed by atoms with Gasteiger partial charge in [-0.3, -0.25) is 0 Å². The molecule has 1 aliphatic carbocycles. The predicted molar refractivity (Wildman–Crippen MR) is 77.0 cm³/mol. The normalized spacial score (nSPS) is 14.8. The van der Waals surface area contributed by atoms with Crippen LogP contribution in [0.5, 0.6) is 0 Å². The Labute approximate surface area is 119 Å². The number of benzene rings is 1. The molecule has 2 nitrogen and oxygen atoms in total. The summed E-state index contributed by atoms with van der Waals surface area (Å²) in [4.78, 5) is 10.4. The number of aryl methyl sites for hydroxylation is 1. The van der Waals surface area contributed by atoms with Gasteiger partial charge in [-0.15, -0.1) is 0 Å². The second-order valence-corrected chi connectivity index (χ2v) is 6.40. The first kappa shape index (κ1) is 12.2. The van der Waals surface area contributed by atoms with Crippen molar-refractivity contribution in [1.29, 1.82) is 0 Å². The highest BCUT2D eigenvalue weighted by molar-refractivity contribution is 9.10. The lowest BCUT2D eigenvalue weighted by Crippen LogP contribution is -1.94. The third kappa shape index (κ3) is 2.75. The Kier molecular flexibility index (Phi) is 3.39. The third-order valence-electron chi connectivity index (χ3n) is 2.94. The third-order valence-corrected chi connectivity index (χ3v) is 4.44.